The molecule has 1 atom stereocenters. The van der Waals surface area contributed by atoms with Crippen molar-refractivity contribution in [3.8, 4) is 0 Å². The molecule has 92 valence electrons. The first kappa shape index (κ1) is 13.3. The molecule has 2 nitrogen and oxygen atoms in total. The molecule has 0 amide bonds. The first-order valence-corrected chi connectivity index (χ1v) is 6.65. The molecule has 1 rings (SSSR count). The van der Waals surface area contributed by atoms with Gasteiger partial charge in [-0.05, 0) is 44.6 Å². The fraction of sp³-hybridized carbons (Fsp3) is 0.786. The van der Waals surface area contributed by atoms with Crippen molar-refractivity contribution in [1.29, 1.82) is 0 Å². The number of carbonyl (C=O) groups excluding carboxylic acids is 1. The minimum Gasteiger partial charge on any atom is -0.458 e. The zero-order chi connectivity index (χ0) is 11.8. The Bertz CT molecular complexity index is 243. The third-order valence-corrected chi connectivity index (χ3v) is 3.00. The van der Waals surface area contributed by atoms with Crippen LogP contribution in [0.2, 0.25) is 0 Å². The fourth-order valence-corrected chi connectivity index (χ4v) is 2.10. The van der Waals surface area contributed by atoms with Crippen molar-refractivity contribution < 1.29 is 9.53 Å². The third-order valence-electron chi connectivity index (χ3n) is 3.00. The van der Waals surface area contributed by atoms with E-state index in [0.29, 0.717) is 6.42 Å². The van der Waals surface area contributed by atoms with Gasteiger partial charge in [0.25, 0.3) is 0 Å². The fourth-order valence-electron chi connectivity index (χ4n) is 2.10. The number of unbranched alkanes of at least 4 members (excludes halogenated alkanes) is 1. The molecule has 0 aromatic carbocycles. The van der Waals surface area contributed by atoms with Crippen molar-refractivity contribution in [3.05, 3.63) is 11.6 Å². The second-order valence-corrected chi connectivity index (χ2v) is 4.60. The Morgan fingerprint density at radius 1 is 1.44 bits per heavy atom. The first-order chi connectivity index (χ1) is 7.76. The summed E-state index contributed by atoms with van der Waals surface area (Å²) in [6, 6.07) is 0. The molecule has 1 aliphatic rings. The maximum absolute atomic E-state index is 11.4. The van der Waals surface area contributed by atoms with Crippen LogP contribution in [0.5, 0.6) is 0 Å². The van der Waals surface area contributed by atoms with Crippen LogP contribution >= 0.6 is 0 Å². The molecule has 2 heteroatoms. The topological polar surface area (TPSA) is 26.3 Å². The van der Waals surface area contributed by atoms with E-state index in [0.717, 1.165) is 12.8 Å². The molecule has 0 fully saturated rings. The van der Waals surface area contributed by atoms with E-state index in [9.17, 15) is 4.79 Å². The van der Waals surface area contributed by atoms with Crippen LogP contribution < -0.4 is 0 Å². The highest BCUT2D eigenvalue weighted by Crippen LogP contribution is 2.24. The Balaban J connectivity index is 2.38. The molecule has 0 N–H and O–H groups in total. The van der Waals surface area contributed by atoms with Crippen LogP contribution in [0, 0.1) is 0 Å². The lowest BCUT2D eigenvalue weighted by molar-refractivity contribution is -0.147. The summed E-state index contributed by atoms with van der Waals surface area (Å²) in [6.07, 6.45) is 10.7. The van der Waals surface area contributed by atoms with Crippen LogP contribution in [-0.2, 0) is 9.53 Å². The monoisotopic (exact) mass is 224 g/mol. The zero-order valence-electron chi connectivity index (χ0n) is 10.6. The summed E-state index contributed by atoms with van der Waals surface area (Å²) in [5, 5.41) is 0. The predicted octanol–water partition coefficient (Wildman–Crippen LogP) is 4.00. The van der Waals surface area contributed by atoms with Crippen molar-refractivity contribution >= 4 is 5.97 Å². The molecule has 0 aromatic rings. The summed E-state index contributed by atoms with van der Waals surface area (Å²) >= 11 is 0. The van der Waals surface area contributed by atoms with Crippen LogP contribution in [0.25, 0.3) is 0 Å². The standard InChI is InChI=1S/C14H24O2/c1-3-5-8-12-9-6-10-13(11-12)16-14(15)7-4-2/h11,13H,3-10H2,1-2H3/t13-/m1/s1. The Kier molecular flexibility index (Phi) is 6.20. The molecule has 0 spiro atoms. The lowest BCUT2D eigenvalue weighted by atomic mass is 9.94. The first-order valence-electron chi connectivity index (χ1n) is 6.65. The number of hydrogen-bond donors (Lipinski definition) is 0. The van der Waals surface area contributed by atoms with Gasteiger partial charge in [0.1, 0.15) is 6.10 Å². The van der Waals surface area contributed by atoms with E-state index in [1.165, 1.54) is 37.7 Å². The van der Waals surface area contributed by atoms with E-state index >= 15 is 0 Å². The molecule has 1 aliphatic carbocycles. The molecule has 0 aliphatic heterocycles. The van der Waals surface area contributed by atoms with Gasteiger partial charge in [0.2, 0.25) is 0 Å². The van der Waals surface area contributed by atoms with Crippen molar-refractivity contribution in [3.63, 3.8) is 0 Å². The molecule has 0 saturated carbocycles. The molecule has 16 heavy (non-hydrogen) atoms. The Morgan fingerprint density at radius 2 is 2.25 bits per heavy atom. The predicted molar refractivity (Wildman–Crippen MR) is 66.2 cm³/mol. The molecule has 0 aromatic heterocycles. The molecular formula is C14H24O2. The summed E-state index contributed by atoms with van der Waals surface area (Å²) < 4.78 is 5.43. The second-order valence-electron chi connectivity index (χ2n) is 4.60. The average Bonchev–Trinajstić information content (AvgIpc) is 2.27. The minimum absolute atomic E-state index is 0.0412. The summed E-state index contributed by atoms with van der Waals surface area (Å²) in [5.41, 5.74) is 1.49. The average molecular weight is 224 g/mol. The number of esters is 1. The summed E-state index contributed by atoms with van der Waals surface area (Å²) in [5.74, 6) is -0.0412. The highest BCUT2D eigenvalue weighted by atomic mass is 16.5. The van der Waals surface area contributed by atoms with Crippen LogP contribution in [0.15, 0.2) is 11.6 Å². The van der Waals surface area contributed by atoms with Gasteiger partial charge in [0, 0.05) is 6.42 Å². The maximum Gasteiger partial charge on any atom is 0.306 e. The minimum atomic E-state index is -0.0412. The number of rotatable bonds is 6. The number of hydrogen-bond acceptors (Lipinski definition) is 2. The van der Waals surface area contributed by atoms with Gasteiger partial charge in [-0.1, -0.05) is 25.8 Å². The molecule has 0 heterocycles. The van der Waals surface area contributed by atoms with Crippen LogP contribution in [0.3, 0.4) is 0 Å². The molecule has 0 saturated heterocycles. The van der Waals surface area contributed by atoms with Gasteiger partial charge in [-0.2, -0.15) is 0 Å². The Hall–Kier alpha value is -0.790. The van der Waals surface area contributed by atoms with Crippen molar-refractivity contribution in [2.75, 3.05) is 0 Å². The van der Waals surface area contributed by atoms with E-state index in [1.807, 2.05) is 6.92 Å². The molecule has 0 unspecified atom stereocenters. The highest BCUT2D eigenvalue weighted by molar-refractivity contribution is 5.69. The number of carbonyl (C=O) groups is 1. The van der Waals surface area contributed by atoms with E-state index in [-0.39, 0.29) is 12.1 Å². The van der Waals surface area contributed by atoms with E-state index in [1.54, 1.807) is 0 Å². The highest BCUT2D eigenvalue weighted by Gasteiger charge is 2.16. The maximum atomic E-state index is 11.4. The normalized spacial score (nSPS) is 20.4. The van der Waals surface area contributed by atoms with Crippen LogP contribution in [0.4, 0.5) is 0 Å². The van der Waals surface area contributed by atoms with Crippen LogP contribution in [-0.4, -0.2) is 12.1 Å². The van der Waals surface area contributed by atoms with Crippen molar-refractivity contribution in [2.45, 2.75) is 71.3 Å². The zero-order valence-corrected chi connectivity index (χ0v) is 10.6. The van der Waals surface area contributed by atoms with E-state index in [4.69, 9.17) is 4.74 Å². The molecular weight excluding hydrogens is 200 g/mol. The van der Waals surface area contributed by atoms with E-state index < -0.39 is 0 Å². The van der Waals surface area contributed by atoms with E-state index in [2.05, 4.69) is 13.0 Å². The smallest absolute Gasteiger partial charge is 0.306 e. The van der Waals surface area contributed by atoms with Gasteiger partial charge in [0.15, 0.2) is 0 Å². The lowest BCUT2D eigenvalue weighted by Crippen LogP contribution is -2.19. The number of ether oxygens (including phenoxy) is 1. The SMILES string of the molecule is CCCCC1=C[C@H](OC(=O)CCC)CCC1. The van der Waals surface area contributed by atoms with Gasteiger partial charge < -0.3 is 4.74 Å². The van der Waals surface area contributed by atoms with Gasteiger partial charge in [0.05, 0.1) is 0 Å². The Morgan fingerprint density at radius 3 is 2.94 bits per heavy atom. The summed E-state index contributed by atoms with van der Waals surface area (Å²) in [7, 11) is 0. The van der Waals surface area contributed by atoms with Gasteiger partial charge in [-0.15, -0.1) is 0 Å². The van der Waals surface area contributed by atoms with Crippen molar-refractivity contribution in [1.82, 2.24) is 0 Å². The number of allylic oxidation sites excluding steroid dienone is 1. The molecule has 0 bridgehead atoms. The lowest BCUT2D eigenvalue weighted by Gasteiger charge is -2.21. The summed E-state index contributed by atoms with van der Waals surface area (Å²) in [4.78, 5) is 11.4. The van der Waals surface area contributed by atoms with Crippen molar-refractivity contribution in [2.24, 2.45) is 0 Å². The van der Waals surface area contributed by atoms with Crippen LogP contribution in [0.1, 0.15) is 65.2 Å². The quantitative estimate of drug-likeness (QED) is 0.503. The van der Waals surface area contributed by atoms with Gasteiger partial charge in [-0.25, -0.2) is 0 Å². The molecule has 0 radical (unpaired) electrons. The largest absolute Gasteiger partial charge is 0.458 e. The second kappa shape index (κ2) is 7.48. The third kappa shape index (κ3) is 4.82. The van der Waals surface area contributed by atoms with Gasteiger partial charge >= 0.3 is 5.97 Å². The van der Waals surface area contributed by atoms with Gasteiger partial charge in [-0.3, -0.25) is 4.79 Å². The Labute approximate surface area is 99.1 Å². The summed E-state index contributed by atoms with van der Waals surface area (Å²) in [6.45, 7) is 4.22.